The Labute approximate surface area is 99.7 Å². The number of hydrogen-bond acceptors (Lipinski definition) is 3. The number of hydrogen-bond donors (Lipinski definition) is 2. The van der Waals surface area contributed by atoms with Crippen LogP contribution in [0.2, 0.25) is 0 Å². The van der Waals surface area contributed by atoms with Crippen LogP contribution < -0.4 is 11.3 Å². The van der Waals surface area contributed by atoms with E-state index in [9.17, 15) is 0 Å². The average Bonchev–Trinajstić information content (AvgIpc) is 2.23. The summed E-state index contributed by atoms with van der Waals surface area (Å²) >= 11 is 0. The van der Waals surface area contributed by atoms with Crippen LogP contribution in [0.3, 0.4) is 0 Å². The van der Waals surface area contributed by atoms with Gasteiger partial charge in [0, 0.05) is 20.1 Å². The molecular formula is C11H27N5. The smallest absolute Gasteiger partial charge is 0.208 e. The lowest BCUT2D eigenvalue weighted by atomic mass is 10.3. The van der Waals surface area contributed by atoms with Crippen LogP contribution in [0.4, 0.5) is 0 Å². The predicted octanol–water partition coefficient (Wildman–Crippen LogP) is 0.489. The maximum absolute atomic E-state index is 5.45. The Hall–Kier alpha value is -0.810. The molecule has 0 aliphatic rings. The van der Waals surface area contributed by atoms with Gasteiger partial charge >= 0.3 is 0 Å². The van der Waals surface area contributed by atoms with Gasteiger partial charge in [-0.1, -0.05) is 13.3 Å². The number of rotatable bonds is 7. The van der Waals surface area contributed by atoms with E-state index in [1.807, 2.05) is 7.05 Å². The fourth-order valence-electron chi connectivity index (χ4n) is 1.35. The van der Waals surface area contributed by atoms with Crippen molar-refractivity contribution in [1.82, 2.24) is 15.2 Å². The number of nitrogens with one attached hydrogen (secondary N) is 1. The Bertz CT molecular complexity index is 191. The van der Waals surface area contributed by atoms with Crippen molar-refractivity contribution in [2.45, 2.75) is 26.2 Å². The highest BCUT2D eigenvalue weighted by atomic mass is 15.4. The van der Waals surface area contributed by atoms with Gasteiger partial charge in [0.25, 0.3) is 0 Å². The molecule has 5 nitrogen and oxygen atoms in total. The molecule has 0 aromatic carbocycles. The molecule has 0 aromatic heterocycles. The fourth-order valence-corrected chi connectivity index (χ4v) is 1.35. The molecule has 0 aliphatic heterocycles. The minimum absolute atomic E-state index is 0.784. The molecule has 0 atom stereocenters. The van der Waals surface area contributed by atoms with Gasteiger partial charge in [-0.2, -0.15) is 0 Å². The van der Waals surface area contributed by atoms with E-state index in [-0.39, 0.29) is 0 Å². The minimum atomic E-state index is 0.784. The zero-order valence-electron chi connectivity index (χ0n) is 11.2. The number of unbranched alkanes of at least 4 members (excludes halogenated alkanes) is 1. The second-order valence-corrected chi connectivity index (χ2v) is 4.28. The molecule has 5 heteroatoms. The largest absolute Gasteiger partial charge is 0.345 e. The summed E-state index contributed by atoms with van der Waals surface area (Å²) in [5, 5.41) is 0. The lowest BCUT2D eigenvalue weighted by Gasteiger charge is -2.21. The first-order valence-electron chi connectivity index (χ1n) is 5.98. The van der Waals surface area contributed by atoms with Crippen LogP contribution in [-0.2, 0) is 0 Å². The highest BCUT2D eigenvalue weighted by molar-refractivity contribution is 5.79. The summed E-state index contributed by atoms with van der Waals surface area (Å²) in [5.41, 5.74) is 2.66. The van der Waals surface area contributed by atoms with E-state index in [1.165, 1.54) is 0 Å². The average molecular weight is 229 g/mol. The van der Waals surface area contributed by atoms with Gasteiger partial charge < -0.3 is 9.80 Å². The standard InChI is InChI=1S/C11H27N5/c1-5-6-8-13-11(14-12)16(4)10-7-9-15(2)3/h5-10,12H2,1-4H3,(H,13,14). The SMILES string of the molecule is CCCCN=C(NN)N(C)CCCN(C)C. The highest BCUT2D eigenvalue weighted by Gasteiger charge is 2.03. The molecule has 0 fully saturated rings. The van der Waals surface area contributed by atoms with E-state index in [4.69, 9.17) is 5.84 Å². The van der Waals surface area contributed by atoms with E-state index in [0.717, 1.165) is 44.9 Å². The molecule has 96 valence electrons. The maximum Gasteiger partial charge on any atom is 0.208 e. The molecule has 0 radical (unpaired) electrons. The first-order valence-corrected chi connectivity index (χ1v) is 5.98. The maximum atomic E-state index is 5.45. The number of nitrogens with two attached hydrogens (primary N) is 1. The third-order valence-corrected chi connectivity index (χ3v) is 2.36. The Morgan fingerprint density at radius 1 is 1.19 bits per heavy atom. The molecule has 3 N–H and O–H groups in total. The number of nitrogens with zero attached hydrogens (tertiary/aromatic N) is 3. The van der Waals surface area contributed by atoms with Crippen LogP contribution in [0.15, 0.2) is 4.99 Å². The van der Waals surface area contributed by atoms with Crippen molar-refractivity contribution in [2.24, 2.45) is 10.8 Å². The van der Waals surface area contributed by atoms with Crippen LogP contribution in [0, 0.1) is 0 Å². The van der Waals surface area contributed by atoms with Crippen molar-refractivity contribution in [1.29, 1.82) is 0 Å². The molecular weight excluding hydrogens is 202 g/mol. The summed E-state index contributed by atoms with van der Waals surface area (Å²) in [6, 6.07) is 0. The molecule has 0 spiro atoms. The second-order valence-electron chi connectivity index (χ2n) is 4.28. The van der Waals surface area contributed by atoms with Crippen molar-refractivity contribution >= 4 is 5.96 Å². The fraction of sp³-hybridized carbons (Fsp3) is 0.909. The van der Waals surface area contributed by atoms with Gasteiger partial charge in [0.05, 0.1) is 0 Å². The van der Waals surface area contributed by atoms with Crippen LogP contribution >= 0.6 is 0 Å². The highest BCUT2D eigenvalue weighted by Crippen LogP contribution is 1.93. The molecule has 0 bridgehead atoms. The summed E-state index contributed by atoms with van der Waals surface area (Å²) in [5.74, 6) is 6.24. The van der Waals surface area contributed by atoms with Crippen LogP contribution in [0.25, 0.3) is 0 Å². The van der Waals surface area contributed by atoms with Crippen LogP contribution in [0.5, 0.6) is 0 Å². The Balaban J connectivity index is 3.90. The van der Waals surface area contributed by atoms with Crippen molar-refractivity contribution in [3.8, 4) is 0 Å². The Kier molecular flexibility index (Phi) is 8.94. The zero-order chi connectivity index (χ0) is 12.4. The lowest BCUT2D eigenvalue weighted by molar-refractivity contribution is 0.366. The van der Waals surface area contributed by atoms with Crippen LogP contribution in [-0.4, -0.2) is 56.5 Å². The molecule has 0 heterocycles. The minimum Gasteiger partial charge on any atom is -0.345 e. The number of aliphatic imine (C=N–C) groups is 1. The van der Waals surface area contributed by atoms with Crippen molar-refractivity contribution < 1.29 is 0 Å². The van der Waals surface area contributed by atoms with E-state index in [0.29, 0.717) is 0 Å². The van der Waals surface area contributed by atoms with Gasteiger partial charge in [0.2, 0.25) is 5.96 Å². The topological polar surface area (TPSA) is 56.9 Å². The third-order valence-electron chi connectivity index (χ3n) is 2.36. The lowest BCUT2D eigenvalue weighted by Crippen LogP contribution is -2.43. The molecule has 16 heavy (non-hydrogen) atoms. The van der Waals surface area contributed by atoms with Gasteiger partial charge in [-0.3, -0.25) is 10.4 Å². The second kappa shape index (κ2) is 9.42. The van der Waals surface area contributed by atoms with Gasteiger partial charge in [-0.25, -0.2) is 5.84 Å². The molecule has 0 aliphatic carbocycles. The summed E-state index contributed by atoms with van der Waals surface area (Å²) in [6.45, 7) is 5.05. The van der Waals surface area contributed by atoms with Crippen molar-refractivity contribution in [3.05, 3.63) is 0 Å². The number of hydrazine groups is 1. The van der Waals surface area contributed by atoms with Crippen molar-refractivity contribution in [2.75, 3.05) is 40.8 Å². The molecule has 0 amide bonds. The summed E-state index contributed by atoms with van der Waals surface area (Å²) in [4.78, 5) is 8.67. The van der Waals surface area contributed by atoms with E-state index in [2.05, 4.69) is 41.2 Å². The Morgan fingerprint density at radius 3 is 2.38 bits per heavy atom. The summed E-state index contributed by atoms with van der Waals surface area (Å²) in [6.07, 6.45) is 3.38. The van der Waals surface area contributed by atoms with Gasteiger partial charge in [0.1, 0.15) is 0 Å². The number of guanidine groups is 1. The third kappa shape index (κ3) is 7.48. The van der Waals surface area contributed by atoms with Gasteiger partial charge in [-0.05, 0) is 33.5 Å². The van der Waals surface area contributed by atoms with Gasteiger partial charge in [-0.15, -0.1) is 0 Å². The van der Waals surface area contributed by atoms with E-state index in [1.54, 1.807) is 0 Å². The first kappa shape index (κ1) is 15.2. The molecule has 0 rings (SSSR count). The quantitative estimate of drug-likeness (QED) is 0.219. The molecule has 0 saturated carbocycles. The molecule has 0 saturated heterocycles. The summed E-state index contributed by atoms with van der Waals surface area (Å²) in [7, 11) is 6.18. The van der Waals surface area contributed by atoms with E-state index >= 15 is 0 Å². The zero-order valence-corrected chi connectivity index (χ0v) is 11.2. The normalized spacial score (nSPS) is 12.0. The first-order chi connectivity index (χ1) is 7.61. The Morgan fingerprint density at radius 2 is 1.88 bits per heavy atom. The van der Waals surface area contributed by atoms with Gasteiger partial charge in [0.15, 0.2) is 0 Å². The predicted molar refractivity (Wildman–Crippen MR) is 70.3 cm³/mol. The van der Waals surface area contributed by atoms with E-state index < -0.39 is 0 Å². The summed E-state index contributed by atoms with van der Waals surface area (Å²) < 4.78 is 0. The molecule has 0 unspecified atom stereocenters. The van der Waals surface area contributed by atoms with Crippen LogP contribution in [0.1, 0.15) is 26.2 Å². The van der Waals surface area contributed by atoms with Crippen molar-refractivity contribution in [3.63, 3.8) is 0 Å². The monoisotopic (exact) mass is 229 g/mol. The molecule has 0 aromatic rings.